The Hall–Kier alpha value is -3.16. The molecule has 0 amide bonds. The largest absolute Gasteiger partial charge is 0.308 e. The number of aromatic nitrogens is 3. The van der Waals surface area contributed by atoms with Crippen LogP contribution in [0.15, 0.2) is 81.9 Å². The molecule has 34 heavy (non-hydrogen) atoms. The molecule has 0 atom stereocenters. The molecular weight excluding hydrogens is 464 g/mol. The zero-order valence-electron chi connectivity index (χ0n) is 20.3. The smallest absolute Gasteiger partial charge is 0.194 e. The van der Waals surface area contributed by atoms with E-state index in [1.54, 1.807) is 0 Å². The van der Waals surface area contributed by atoms with Crippen LogP contribution in [0.4, 0.5) is 0 Å². The molecule has 6 nitrogen and oxygen atoms in total. The molecule has 2 heterocycles. The molecule has 1 aliphatic heterocycles. The van der Waals surface area contributed by atoms with E-state index in [1.165, 1.54) is 5.56 Å². The van der Waals surface area contributed by atoms with Crippen molar-refractivity contribution in [3.8, 4) is 0 Å². The number of nitrogens with zero attached hydrogens (tertiary/aromatic N) is 5. The van der Waals surface area contributed by atoms with Crippen molar-refractivity contribution in [3.63, 3.8) is 0 Å². The Morgan fingerprint density at radius 3 is 2.21 bits per heavy atom. The van der Waals surface area contributed by atoms with E-state index in [9.17, 15) is 0 Å². The fourth-order valence-electron chi connectivity index (χ4n) is 2.89. The minimum atomic E-state index is 0.669. The van der Waals surface area contributed by atoms with Gasteiger partial charge in [0.25, 0.3) is 0 Å². The van der Waals surface area contributed by atoms with Crippen molar-refractivity contribution < 1.29 is 0 Å². The molecule has 1 aromatic heterocycles. The van der Waals surface area contributed by atoms with Gasteiger partial charge < -0.3 is 4.57 Å². The predicted octanol–water partition coefficient (Wildman–Crippen LogP) is 6.77. The Balaban J connectivity index is 0.000000187. The van der Waals surface area contributed by atoms with Crippen molar-refractivity contribution in [2.24, 2.45) is 22.0 Å². The Morgan fingerprint density at radius 2 is 1.79 bits per heavy atom. The maximum atomic E-state index is 5.81. The van der Waals surface area contributed by atoms with Gasteiger partial charge in [-0.2, -0.15) is 5.10 Å². The normalized spacial score (nSPS) is 12.6. The van der Waals surface area contributed by atoms with Crippen LogP contribution in [0, 0.1) is 11.7 Å². The van der Waals surface area contributed by atoms with Crippen LogP contribution in [0.25, 0.3) is 0 Å². The lowest BCUT2D eigenvalue weighted by Gasteiger charge is -2.03. The zero-order chi connectivity index (χ0) is 25.1. The Labute approximate surface area is 211 Å². The summed E-state index contributed by atoms with van der Waals surface area (Å²) in [5.74, 6) is 1.80. The summed E-state index contributed by atoms with van der Waals surface area (Å²) < 4.78 is 2.48. The Kier molecular flexibility index (Phi) is 10.8. The molecule has 2 aromatic carbocycles. The van der Waals surface area contributed by atoms with Gasteiger partial charge in [0.2, 0.25) is 0 Å². The predicted molar refractivity (Wildman–Crippen MR) is 147 cm³/mol. The third kappa shape index (κ3) is 8.65. The second-order valence-corrected chi connectivity index (χ2v) is 8.40. The lowest BCUT2D eigenvalue weighted by molar-refractivity contribution is 0.847. The van der Waals surface area contributed by atoms with Crippen LogP contribution in [0.3, 0.4) is 0 Å². The number of hydrogen-bond acceptors (Lipinski definition) is 5. The molecule has 0 unspecified atom stereocenters. The highest BCUT2D eigenvalue weighted by molar-refractivity contribution is 7.71. The quantitative estimate of drug-likeness (QED) is 0.321. The number of hydrogen-bond donors (Lipinski definition) is 1. The fourth-order valence-corrected chi connectivity index (χ4v) is 3.19. The molecule has 0 saturated carbocycles. The van der Waals surface area contributed by atoms with E-state index in [2.05, 4.69) is 50.8 Å². The molecule has 0 saturated heterocycles. The third-order valence-electron chi connectivity index (χ3n) is 4.80. The van der Waals surface area contributed by atoms with Crippen molar-refractivity contribution >= 4 is 41.1 Å². The van der Waals surface area contributed by atoms with Crippen LogP contribution >= 0.6 is 23.8 Å². The third-order valence-corrected chi connectivity index (χ3v) is 5.42. The number of benzene rings is 2. The summed E-state index contributed by atoms with van der Waals surface area (Å²) in [6.45, 7) is 12.3. The SMILES string of the molecule is C=C(C)N=C(CC)c1ccc(Cl)cc1.CC1=NCC(c2ccccc2)=N1.Cc1n[nH]c(=S)n1C. The molecule has 0 bridgehead atoms. The summed E-state index contributed by atoms with van der Waals surface area (Å²) in [4.78, 5) is 12.9. The lowest BCUT2D eigenvalue weighted by atomic mass is 10.1. The van der Waals surface area contributed by atoms with Crippen LogP contribution in [0.1, 0.15) is 44.1 Å². The van der Waals surface area contributed by atoms with Gasteiger partial charge in [-0.3, -0.25) is 15.1 Å². The number of aromatic amines is 1. The van der Waals surface area contributed by atoms with Gasteiger partial charge in [-0.1, -0.05) is 67.6 Å². The molecule has 178 valence electrons. The minimum absolute atomic E-state index is 0.669. The molecule has 4 rings (SSSR count). The summed E-state index contributed by atoms with van der Waals surface area (Å²) in [6, 6.07) is 17.9. The average Bonchev–Trinajstić information content (AvgIpc) is 3.40. The molecule has 0 spiro atoms. The monoisotopic (exact) mass is 494 g/mol. The van der Waals surface area contributed by atoms with Crippen LogP contribution in [0.2, 0.25) is 5.02 Å². The molecule has 0 fully saturated rings. The van der Waals surface area contributed by atoms with E-state index in [-0.39, 0.29) is 0 Å². The van der Waals surface area contributed by atoms with Gasteiger partial charge in [-0.15, -0.1) is 0 Å². The number of nitrogens with one attached hydrogen (secondary N) is 1. The number of amidine groups is 1. The highest BCUT2D eigenvalue weighted by atomic mass is 35.5. The zero-order valence-corrected chi connectivity index (χ0v) is 21.9. The van der Waals surface area contributed by atoms with Crippen molar-refractivity contribution in [3.05, 3.63) is 93.6 Å². The van der Waals surface area contributed by atoms with Crippen LogP contribution < -0.4 is 0 Å². The number of allylic oxidation sites excluding steroid dienone is 1. The topological polar surface area (TPSA) is 70.7 Å². The second kappa shape index (κ2) is 13.5. The van der Waals surface area contributed by atoms with E-state index < -0.39 is 0 Å². The fraction of sp³-hybridized carbons (Fsp3) is 0.269. The first-order valence-corrected chi connectivity index (χ1v) is 11.7. The van der Waals surface area contributed by atoms with E-state index >= 15 is 0 Å². The summed E-state index contributed by atoms with van der Waals surface area (Å²) in [5, 5.41) is 7.26. The maximum absolute atomic E-state index is 5.81. The van der Waals surface area contributed by atoms with Gasteiger partial charge in [0.15, 0.2) is 4.77 Å². The van der Waals surface area contributed by atoms with Crippen LogP contribution in [0.5, 0.6) is 0 Å². The van der Waals surface area contributed by atoms with Gasteiger partial charge in [0.05, 0.1) is 12.3 Å². The molecule has 1 aliphatic rings. The van der Waals surface area contributed by atoms with E-state index in [1.807, 2.05) is 74.9 Å². The maximum Gasteiger partial charge on any atom is 0.194 e. The summed E-state index contributed by atoms with van der Waals surface area (Å²) in [6.07, 6.45) is 0.897. The van der Waals surface area contributed by atoms with Crippen LogP contribution in [-0.4, -0.2) is 38.6 Å². The van der Waals surface area contributed by atoms with Gasteiger partial charge in [0, 0.05) is 23.5 Å². The molecule has 8 heteroatoms. The second-order valence-electron chi connectivity index (χ2n) is 7.58. The molecule has 1 N–H and O–H groups in total. The average molecular weight is 495 g/mol. The molecule has 0 aliphatic carbocycles. The Bertz CT molecular complexity index is 1230. The van der Waals surface area contributed by atoms with Crippen molar-refractivity contribution in [2.45, 2.75) is 34.1 Å². The molecule has 0 radical (unpaired) electrons. The Morgan fingerprint density at radius 1 is 1.15 bits per heavy atom. The van der Waals surface area contributed by atoms with Gasteiger partial charge in [-0.05, 0) is 62.7 Å². The highest BCUT2D eigenvalue weighted by Gasteiger charge is 2.07. The summed E-state index contributed by atoms with van der Waals surface area (Å²) in [7, 11) is 1.88. The van der Waals surface area contributed by atoms with Crippen molar-refractivity contribution in [1.29, 1.82) is 0 Å². The number of rotatable bonds is 4. The van der Waals surface area contributed by atoms with Gasteiger partial charge in [-0.25, -0.2) is 4.99 Å². The summed E-state index contributed by atoms with van der Waals surface area (Å²) in [5.41, 5.74) is 5.25. The first-order chi connectivity index (χ1) is 16.2. The van der Waals surface area contributed by atoms with Crippen molar-refractivity contribution in [2.75, 3.05) is 6.54 Å². The number of aryl methyl sites for hydroxylation is 1. The summed E-state index contributed by atoms with van der Waals surface area (Å²) >= 11 is 10.6. The number of aliphatic imine (C=N–C) groups is 3. The number of halogens is 1. The van der Waals surface area contributed by atoms with Crippen molar-refractivity contribution in [1.82, 2.24) is 14.8 Å². The van der Waals surface area contributed by atoms with E-state index in [0.717, 1.165) is 52.3 Å². The highest BCUT2D eigenvalue weighted by Crippen LogP contribution is 2.12. The molecular formula is C26H31ClN6S. The van der Waals surface area contributed by atoms with E-state index in [0.29, 0.717) is 4.77 Å². The standard InChI is InChI=1S/C12H14ClN.C10H10N2.C4H7N3S/c1-4-12(14-9(2)3)10-5-7-11(13)8-6-10;1-8-11-7-10(12-8)9-5-3-2-4-6-9;1-3-5-6-4(8)7(3)2/h5-8H,2,4H2,1,3H3;2-6H,7H2,1H3;1-2H3,(H,6,8). The van der Waals surface area contributed by atoms with Crippen LogP contribution in [-0.2, 0) is 7.05 Å². The molecule has 3 aromatic rings. The van der Waals surface area contributed by atoms with Gasteiger partial charge in [0.1, 0.15) is 11.7 Å². The lowest BCUT2D eigenvalue weighted by Crippen LogP contribution is -2.00. The first kappa shape index (κ1) is 27.1. The van der Waals surface area contributed by atoms with E-state index in [4.69, 9.17) is 23.8 Å². The number of H-pyrrole nitrogens is 1. The van der Waals surface area contributed by atoms with Gasteiger partial charge >= 0.3 is 0 Å². The minimum Gasteiger partial charge on any atom is -0.308 e. The first-order valence-electron chi connectivity index (χ1n) is 10.9.